The van der Waals surface area contributed by atoms with Gasteiger partial charge in [0.2, 0.25) is 0 Å². The Balaban J connectivity index is 1.85. The van der Waals surface area contributed by atoms with Gasteiger partial charge in [-0.2, -0.15) is 10.2 Å². The molecule has 0 aliphatic carbocycles. The molecule has 140 valence electrons. The first-order valence-electron chi connectivity index (χ1n) is 8.08. The Morgan fingerprint density at radius 3 is 2.63 bits per heavy atom. The molecule has 7 nitrogen and oxygen atoms in total. The molecule has 0 fully saturated rings. The zero-order valence-electron chi connectivity index (χ0n) is 14.5. The van der Waals surface area contributed by atoms with Gasteiger partial charge in [-0.05, 0) is 17.7 Å². The SMILES string of the molecule is Cn1cc(Cn2nc(CC(=O)O)c(SCc3ccc(F)cc3)cc2=O)cn1. The Hall–Kier alpha value is -2.94. The summed E-state index contributed by atoms with van der Waals surface area (Å²) in [6.07, 6.45) is 3.10. The van der Waals surface area contributed by atoms with Crippen LogP contribution in [-0.4, -0.2) is 30.6 Å². The molecule has 2 aromatic heterocycles. The van der Waals surface area contributed by atoms with E-state index in [9.17, 15) is 14.0 Å². The average molecular weight is 388 g/mol. The smallest absolute Gasteiger partial charge is 0.309 e. The number of aliphatic carboxylic acids is 1. The number of halogens is 1. The van der Waals surface area contributed by atoms with E-state index in [-0.39, 0.29) is 24.3 Å². The molecule has 0 atom stereocenters. The number of thioether (sulfide) groups is 1. The molecule has 9 heteroatoms. The predicted octanol–water partition coefficient (Wildman–Crippen LogP) is 2.08. The van der Waals surface area contributed by atoms with E-state index >= 15 is 0 Å². The minimum Gasteiger partial charge on any atom is -0.481 e. The third-order valence-electron chi connectivity index (χ3n) is 3.75. The van der Waals surface area contributed by atoms with Crippen molar-refractivity contribution in [1.29, 1.82) is 0 Å². The molecule has 0 saturated carbocycles. The summed E-state index contributed by atoms with van der Waals surface area (Å²) in [4.78, 5) is 24.1. The molecule has 0 spiro atoms. The molecule has 0 radical (unpaired) electrons. The van der Waals surface area contributed by atoms with Gasteiger partial charge in [0.25, 0.3) is 5.56 Å². The molecule has 2 heterocycles. The number of carboxylic acid groups (broad SMARTS) is 1. The maximum atomic E-state index is 13.0. The Kier molecular flexibility index (Phi) is 5.70. The van der Waals surface area contributed by atoms with Crippen molar-refractivity contribution < 1.29 is 14.3 Å². The van der Waals surface area contributed by atoms with E-state index in [1.54, 1.807) is 36.3 Å². The molecule has 3 rings (SSSR count). The van der Waals surface area contributed by atoms with Crippen LogP contribution < -0.4 is 5.56 Å². The third-order valence-corrected chi connectivity index (χ3v) is 4.89. The molecule has 0 bridgehead atoms. The van der Waals surface area contributed by atoms with Crippen molar-refractivity contribution in [1.82, 2.24) is 19.6 Å². The van der Waals surface area contributed by atoms with E-state index in [4.69, 9.17) is 5.11 Å². The highest BCUT2D eigenvalue weighted by molar-refractivity contribution is 7.98. The second kappa shape index (κ2) is 8.17. The fraction of sp³-hybridized carbons (Fsp3) is 0.222. The highest BCUT2D eigenvalue weighted by Gasteiger charge is 2.14. The molecule has 0 saturated heterocycles. The molecular formula is C18H17FN4O3S. The summed E-state index contributed by atoms with van der Waals surface area (Å²) >= 11 is 1.30. The van der Waals surface area contributed by atoms with E-state index in [1.165, 1.54) is 34.6 Å². The Bertz CT molecular complexity index is 1010. The van der Waals surface area contributed by atoms with Crippen LogP contribution in [0.3, 0.4) is 0 Å². The predicted molar refractivity (Wildman–Crippen MR) is 98.1 cm³/mol. The van der Waals surface area contributed by atoms with Gasteiger partial charge >= 0.3 is 5.97 Å². The van der Waals surface area contributed by atoms with Crippen molar-refractivity contribution in [2.75, 3.05) is 0 Å². The first kappa shape index (κ1) is 18.8. The van der Waals surface area contributed by atoms with Crippen LogP contribution in [0, 0.1) is 5.82 Å². The highest BCUT2D eigenvalue weighted by Crippen LogP contribution is 2.24. The zero-order valence-corrected chi connectivity index (χ0v) is 15.3. The van der Waals surface area contributed by atoms with Crippen LogP contribution in [0.4, 0.5) is 4.39 Å². The number of carbonyl (C=O) groups is 1. The quantitative estimate of drug-likeness (QED) is 0.624. The van der Waals surface area contributed by atoms with Crippen LogP contribution in [0.2, 0.25) is 0 Å². The van der Waals surface area contributed by atoms with E-state index in [0.717, 1.165) is 11.1 Å². The number of hydrogen-bond acceptors (Lipinski definition) is 5. The van der Waals surface area contributed by atoms with Gasteiger partial charge in [0.1, 0.15) is 5.82 Å². The second-order valence-electron chi connectivity index (χ2n) is 5.96. The third kappa shape index (κ3) is 5.04. The fourth-order valence-electron chi connectivity index (χ4n) is 2.49. The monoisotopic (exact) mass is 388 g/mol. The summed E-state index contributed by atoms with van der Waals surface area (Å²) in [5.41, 5.74) is 1.65. The minimum absolute atomic E-state index is 0.211. The fourth-order valence-corrected chi connectivity index (χ4v) is 3.46. The molecule has 0 aliphatic rings. The van der Waals surface area contributed by atoms with Gasteiger partial charge in [0, 0.05) is 35.5 Å². The van der Waals surface area contributed by atoms with Crippen LogP contribution >= 0.6 is 11.8 Å². The Morgan fingerprint density at radius 2 is 2.00 bits per heavy atom. The normalized spacial score (nSPS) is 10.9. The second-order valence-corrected chi connectivity index (χ2v) is 6.98. The lowest BCUT2D eigenvalue weighted by Gasteiger charge is -2.10. The van der Waals surface area contributed by atoms with Crippen molar-refractivity contribution >= 4 is 17.7 Å². The standard InChI is InChI=1S/C18H17FN4O3S/c1-22-9-13(8-20-22)10-23-17(24)7-16(15(21-23)6-18(25)26)27-11-12-2-4-14(19)5-3-12/h2-5,7-9H,6,10-11H2,1H3,(H,25,26). The van der Waals surface area contributed by atoms with Crippen molar-refractivity contribution in [2.45, 2.75) is 23.6 Å². The summed E-state index contributed by atoms with van der Waals surface area (Å²) in [5, 5.41) is 17.5. The minimum atomic E-state index is -1.03. The summed E-state index contributed by atoms with van der Waals surface area (Å²) in [5.74, 6) is -0.881. The molecule has 0 unspecified atom stereocenters. The summed E-state index contributed by atoms with van der Waals surface area (Å²) in [6.45, 7) is 0.211. The lowest BCUT2D eigenvalue weighted by molar-refractivity contribution is -0.136. The first-order valence-corrected chi connectivity index (χ1v) is 9.07. The Labute approximate surface area is 158 Å². The number of rotatable bonds is 7. The van der Waals surface area contributed by atoms with Crippen molar-refractivity contribution in [2.24, 2.45) is 7.05 Å². The van der Waals surface area contributed by atoms with Gasteiger partial charge < -0.3 is 5.11 Å². The molecule has 0 amide bonds. The van der Waals surface area contributed by atoms with Crippen LogP contribution in [0.5, 0.6) is 0 Å². The van der Waals surface area contributed by atoms with E-state index in [2.05, 4.69) is 10.2 Å². The number of aromatic nitrogens is 4. The van der Waals surface area contributed by atoms with E-state index in [1.807, 2.05) is 0 Å². The van der Waals surface area contributed by atoms with Gasteiger partial charge in [0.15, 0.2) is 0 Å². The summed E-state index contributed by atoms with van der Waals surface area (Å²) < 4.78 is 15.9. The van der Waals surface area contributed by atoms with Crippen LogP contribution in [0.1, 0.15) is 16.8 Å². The number of benzene rings is 1. The summed E-state index contributed by atoms with van der Waals surface area (Å²) in [7, 11) is 1.77. The van der Waals surface area contributed by atoms with Gasteiger partial charge in [-0.3, -0.25) is 14.3 Å². The average Bonchev–Trinajstić information content (AvgIpc) is 3.02. The van der Waals surface area contributed by atoms with Crippen molar-refractivity contribution in [3.05, 3.63) is 75.7 Å². The molecular weight excluding hydrogens is 371 g/mol. The van der Waals surface area contributed by atoms with Crippen molar-refractivity contribution in [3.8, 4) is 0 Å². The molecule has 27 heavy (non-hydrogen) atoms. The topological polar surface area (TPSA) is 90.0 Å². The van der Waals surface area contributed by atoms with Crippen molar-refractivity contribution in [3.63, 3.8) is 0 Å². The van der Waals surface area contributed by atoms with E-state index < -0.39 is 5.97 Å². The number of aryl methyl sites for hydroxylation is 1. The van der Waals surface area contributed by atoms with Gasteiger partial charge in [-0.15, -0.1) is 11.8 Å². The Morgan fingerprint density at radius 1 is 1.26 bits per heavy atom. The first-order chi connectivity index (χ1) is 12.9. The molecule has 1 aromatic carbocycles. The number of hydrogen-bond donors (Lipinski definition) is 1. The molecule has 3 aromatic rings. The van der Waals surface area contributed by atoms with Crippen LogP contribution in [0.25, 0.3) is 0 Å². The summed E-state index contributed by atoms with van der Waals surface area (Å²) in [6, 6.07) is 7.42. The molecule has 0 aliphatic heterocycles. The highest BCUT2D eigenvalue weighted by atomic mass is 32.2. The van der Waals surface area contributed by atoms with Crippen LogP contribution in [-0.2, 0) is 30.6 Å². The van der Waals surface area contributed by atoms with E-state index in [0.29, 0.717) is 16.3 Å². The maximum Gasteiger partial charge on any atom is 0.309 e. The van der Waals surface area contributed by atoms with Gasteiger partial charge in [-0.25, -0.2) is 9.07 Å². The van der Waals surface area contributed by atoms with Gasteiger partial charge in [0.05, 0.1) is 24.9 Å². The maximum absolute atomic E-state index is 13.0. The lowest BCUT2D eigenvalue weighted by Crippen LogP contribution is -2.25. The van der Waals surface area contributed by atoms with Crippen LogP contribution in [0.15, 0.2) is 52.4 Å². The zero-order chi connectivity index (χ0) is 19.4. The molecule has 1 N–H and O–H groups in total. The number of nitrogens with zero attached hydrogens (tertiary/aromatic N) is 4. The lowest BCUT2D eigenvalue weighted by atomic mass is 10.2. The van der Waals surface area contributed by atoms with Gasteiger partial charge in [-0.1, -0.05) is 12.1 Å². The number of carboxylic acids is 1. The largest absolute Gasteiger partial charge is 0.481 e.